The molecular weight excluding hydrogens is 266 g/mol. The van der Waals surface area contributed by atoms with Crippen LogP contribution in [-0.2, 0) is 4.74 Å². The van der Waals surface area contributed by atoms with Gasteiger partial charge in [-0.15, -0.1) is 0 Å². The molecule has 0 N–H and O–H groups in total. The minimum atomic E-state index is -0.431. The summed E-state index contributed by atoms with van der Waals surface area (Å²) in [6.07, 6.45) is 2.76. The van der Waals surface area contributed by atoms with Gasteiger partial charge in [-0.1, -0.05) is 0 Å². The van der Waals surface area contributed by atoms with E-state index in [9.17, 15) is 4.79 Å². The topological polar surface area (TPSA) is 45.7 Å². The van der Waals surface area contributed by atoms with Crippen molar-refractivity contribution in [3.05, 3.63) is 24.0 Å². The van der Waals surface area contributed by atoms with Crippen molar-refractivity contribution in [1.82, 2.24) is 9.88 Å². The number of nitrogens with zero attached hydrogens (tertiary/aromatic N) is 3. The predicted octanol–water partition coefficient (Wildman–Crippen LogP) is 2.59. The molecule has 2 unspecified atom stereocenters. The van der Waals surface area contributed by atoms with Gasteiger partial charge in [0.1, 0.15) is 5.60 Å². The van der Waals surface area contributed by atoms with Gasteiger partial charge >= 0.3 is 6.09 Å². The minimum absolute atomic E-state index is 0.184. The van der Waals surface area contributed by atoms with Gasteiger partial charge in [-0.3, -0.25) is 4.98 Å². The predicted molar refractivity (Wildman–Crippen MR) is 81.5 cm³/mol. The Morgan fingerprint density at radius 1 is 1.29 bits per heavy atom. The third-order valence-corrected chi connectivity index (χ3v) is 4.10. The highest BCUT2D eigenvalue weighted by molar-refractivity contribution is 5.70. The zero-order chi connectivity index (χ0) is 15.2. The van der Waals surface area contributed by atoms with Gasteiger partial charge in [-0.2, -0.15) is 0 Å². The normalized spacial score (nSPS) is 24.6. The van der Waals surface area contributed by atoms with Gasteiger partial charge in [0.2, 0.25) is 0 Å². The van der Waals surface area contributed by atoms with Crippen LogP contribution in [0.25, 0.3) is 0 Å². The summed E-state index contributed by atoms with van der Waals surface area (Å²) in [5, 5.41) is 0. The number of aromatic nitrogens is 1. The standard InChI is InChI=1S/C16H23N3O2/c1-11-5-6-12(8-17-11)18-9-14-7-13(18)10-19(14)15(20)21-16(2,3)4/h5-6,8,13-14H,7,9-10H2,1-4H3. The lowest BCUT2D eigenvalue weighted by molar-refractivity contribution is 0.0215. The average Bonchev–Trinajstić information content (AvgIpc) is 2.97. The number of carbonyl (C=O) groups is 1. The van der Waals surface area contributed by atoms with Crippen LogP contribution in [0.3, 0.4) is 0 Å². The molecule has 2 atom stereocenters. The summed E-state index contributed by atoms with van der Waals surface area (Å²) in [6.45, 7) is 9.32. The van der Waals surface area contributed by atoms with E-state index in [4.69, 9.17) is 4.74 Å². The average molecular weight is 289 g/mol. The molecule has 0 aliphatic carbocycles. The van der Waals surface area contributed by atoms with Crippen LogP contribution in [-0.4, -0.2) is 46.8 Å². The van der Waals surface area contributed by atoms with Crippen LogP contribution in [0, 0.1) is 6.92 Å². The second kappa shape index (κ2) is 4.90. The Hall–Kier alpha value is -1.78. The number of anilines is 1. The molecule has 1 aromatic rings. The molecule has 0 aromatic carbocycles. The van der Waals surface area contributed by atoms with E-state index >= 15 is 0 Å². The van der Waals surface area contributed by atoms with Crippen molar-refractivity contribution >= 4 is 11.8 Å². The van der Waals surface area contributed by atoms with Crippen molar-refractivity contribution in [2.75, 3.05) is 18.0 Å². The summed E-state index contributed by atoms with van der Waals surface area (Å²) in [4.78, 5) is 20.8. The molecule has 2 fully saturated rings. The number of fused-ring (bicyclic) bond motifs is 2. The maximum atomic E-state index is 12.2. The third-order valence-electron chi connectivity index (χ3n) is 4.10. The van der Waals surface area contributed by atoms with Gasteiger partial charge in [-0.05, 0) is 46.2 Å². The van der Waals surface area contributed by atoms with Crippen molar-refractivity contribution in [2.24, 2.45) is 0 Å². The number of likely N-dealkylation sites (tertiary alicyclic amines) is 1. The number of aryl methyl sites for hydroxylation is 1. The van der Waals surface area contributed by atoms with E-state index in [-0.39, 0.29) is 12.1 Å². The number of hydrogen-bond donors (Lipinski definition) is 0. The monoisotopic (exact) mass is 289 g/mol. The lowest BCUT2D eigenvalue weighted by Gasteiger charge is -2.36. The first kappa shape index (κ1) is 14.2. The van der Waals surface area contributed by atoms with Gasteiger partial charge in [0.15, 0.2) is 0 Å². The first-order valence-corrected chi connectivity index (χ1v) is 7.52. The van der Waals surface area contributed by atoms with Gasteiger partial charge in [0, 0.05) is 24.8 Å². The third kappa shape index (κ3) is 2.82. The second-order valence-electron chi connectivity index (χ2n) is 6.99. The Balaban J connectivity index is 1.66. The molecule has 3 rings (SSSR count). The molecule has 0 radical (unpaired) electrons. The molecule has 1 amide bonds. The molecule has 1 aromatic heterocycles. The maximum Gasteiger partial charge on any atom is 0.410 e. The second-order valence-corrected chi connectivity index (χ2v) is 6.99. The SMILES string of the molecule is Cc1ccc(N2CC3CC2CN3C(=O)OC(C)(C)C)cn1. The number of rotatable bonds is 1. The van der Waals surface area contributed by atoms with Crippen LogP contribution >= 0.6 is 0 Å². The summed E-state index contributed by atoms with van der Waals surface area (Å²) in [6, 6.07) is 4.78. The van der Waals surface area contributed by atoms with Gasteiger partial charge < -0.3 is 14.5 Å². The Labute approximate surface area is 125 Å². The van der Waals surface area contributed by atoms with Crippen LogP contribution in [0.15, 0.2) is 18.3 Å². The Morgan fingerprint density at radius 3 is 2.57 bits per heavy atom. The van der Waals surface area contributed by atoms with Crippen molar-refractivity contribution in [1.29, 1.82) is 0 Å². The first-order valence-electron chi connectivity index (χ1n) is 7.52. The largest absolute Gasteiger partial charge is 0.444 e. The van der Waals surface area contributed by atoms with Crippen LogP contribution in [0.5, 0.6) is 0 Å². The van der Waals surface area contributed by atoms with Crippen molar-refractivity contribution in [3.63, 3.8) is 0 Å². The molecular formula is C16H23N3O2. The van der Waals surface area contributed by atoms with Gasteiger partial charge in [0.05, 0.1) is 17.9 Å². The number of carbonyl (C=O) groups excluding carboxylic acids is 1. The summed E-state index contributed by atoms with van der Waals surface area (Å²) in [7, 11) is 0. The quantitative estimate of drug-likeness (QED) is 0.797. The number of amides is 1. The van der Waals surface area contributed by atoms with Crippen molar-refractivity contribution < 1.29 is 9.53 Å². The molecule has 2 aliphatic heterocycles. The molecule has 2 saturated heterocycles. The van der Waals surface area contributed by atoms with E-state index in [1.807, 2.05) is 44.9 Å². The molecule has 5 nitrogen and oxygen atoms in total. The lowest BCUT2D eigenvalue weighted by atomic mass is 10.2. The Bertz CT molecular complexity index is 535. The molecule has 2 aliphatic rings. The molecule has 21 heavy (non-hydrogen) atoms. The number of piperazine rings is 1. The number of hydrogen-bond acceptors (Lipinski definition) is 4. The Morgan fingerprint density at radius 2 is 2.05 bits per heavy atom. The van der Waals surface area contributed by atoms with Crippen molar-refractivity contribution in [2.45, 2.75) is 51.8 Å². The molecule has 5 heteroatoms. The molecule has 0 saturated carbocycles. The summed E-state index contributed by atoms with van der Waals surface area (Å²) in [5.74, 6) is 0. The number of ether oxygens (including phenoxy) is 1. The van der Waals surface area contributed by atoms with E-state index < -0.39 is 5.60 Å². The highest BCUT2D eigenvalue weighted by Crippen LogP contribution is 2.35. The maximum absolute atomic E-state index is 12.2. The van der Waals surface area contributed by atoms with Crippen LogP contribution in [0.1, 0.15) is 32.9 Å². The fourth-order valence-corrected chi connectivity index (χ4v) is 3.16. The highest BCUT2D eigenvalue weighted by atomic mass is 16.6. The zero-order valence-electron chi connectivity index (χ0n) is 13.2. The summed E-state index contributed by atoms with van der Waals surface area (Å²) < 4.78 is 5.49. The van der Waals surface area contributed by atoms with E-state index in [0.717, 1.165) is 30.9 Å². The highest BCUT2D eigenvalue weighted by Gasteiger charge is 2.46. The molecule has 114 valence electrons. The number of pyridine rings is 1. The smallest absolute Gasteiger partial charge is 0.410 e. The lowest BCUT2D eigenvalue weighted by Crippen LogP contribution is -2.50. The van der Waals surface area contributed by atoms with Gasteiger partial charge in [0.25, 0.3) is 0 Å². The molecule has 3 heterocycles. The fourth-order valence-electron chi connectivity index (χ4n) is 3.16. The van der Waals surface area contributed by atoms with Gasteiger partial charge in [-0.25, -0.2) is 4.79 Å². The van der Waals surface area contributed by atoms with Crippen LogP contribution in [0.2, 0.25) is 0 Å². The molecule has 0 spiro atoms. The Kier molecular flexibility index (Phi) is 3.30. The summed E-state index contributed by atoms with van der Waals surface area (Å²) >= 11 is 0. The first-order chi connectivity index (χ1) is 9.83. The minimum Gasteiger partial charge on any atom is -0.444 e. The van der Waals surface area contributed by atoms with E-state index in [2.05, 4.69) is 16.0 Å². The van der Waals surface area contributed by atoms with Crippen LogP contribution < -0.4 is 4.90 Å². The van der Waals surface area contributed by atoms with E-state index in [1.54, 1.807) is 0 Å². The van der Waals surface area contributed by atoms with Crippen LogP contribution in [0.4, 0.5) is 10.5 Å². The van der Waals surface area contributed by atoms with E-state index in [1.165, 1.54) is 0 Å². The zero-order valence-corrected chi connectivity index (χ0v) is 13.2. The fraction of sp³-hybridized carbons (Fsp3) is 0.625. The summed E-state index contributed by atoms with van der Waals surface area (Å²) in [5.41, 5.74) is 1.75. The van der Waals surface area contributed by atoms with E-state index in [0.29, 0.717) is 6.04 Å². The molecule has 2 bridgehead atoms. The van der Waals surface area contributed by atoms with Crippen molar-refractivity contribution in [3.8, 4) is 0 Å².